The molecular weight excluding hydrogens is 188 g/mol. The second-order valence-electron chi connectivity index (χ2n) is 2.10. The largest absolute Gasteiger partial charge is 0.400 e. The number of hydrogen-bond donors (Lipinski definition) is 1. The van der Waals surface area contributed by atoms with Crippen LogP contribution >= 0.6 is 0 Å². The first-order valence-corrected chi connectivity index (χ1v) is 5.26. The molecule has 0 spiro atoms. The molecule has 0 bridgehead atoms. The van der Waals surface area contributed by atoms with Gasteiger partial charge in [0.1, 0.15) is 0 Å². The molecule has 0 aliphatic heterocycles. The third-order valence-corrected chi connectivity index (χ3v) is 0.726. The van der Waals surface area contributed by atoms with Gasteiger partial charge < -0.3 is 5.11 Å². The molecule has 1 N–H and O–H groups in total. The predicted octanol–water partition coefficient (Wildman–Crippen LogP) is 3.69. The minimum absolute atomic E-state index is 0.894. The van der Waals surface area contributed by atoms with E-state index in [4.69, 9.17) is 5.11 Å². The third-order valence-electron chi connectivity index (χ3n) is 0.726. The van der Waals surface area contributed by atoms with E-state index in [9.17, 15) is 0 Å². The Morgan fingerprint density at radius 3 is 1.53 bits per heavy atom. The number of aliphatic hydroxyl groups excluding tert-OH is 1. The van der Waals surface area contributed by atoms with E-state index in [0.717, 1.165) is 12.8 Å². The SMILES string of the molecule is C=N/N=C(/C)C=C(C)C.CC.CC.CO. The fourth-order valence-electron chi connectivity index (χ4n) is 0.558. The Bertz CT molecular complexity index is 157. The molecule has 15 heavy (non-hydrogen) atoms. The molecule has 0 aromatic heterocycles. The van der Waals surface area contributed by atoms with Crippen LogP contribution in [0, 0.1) is 0 Å². The monoisotopic (exact) mass is 216 g/mol. The highest BCUT2D eigenvalue weighted by molar-refractivity contribution is 5.93. The van der Waals surface area contributed by atoms with Gasteiger partial charge in [-0.15, -0.1) is 0 Å². The van der Waals surface area contributed by atoms with Gasteiger partial charge in [0.05, 0.1) is 5.71 Å². The summed E-state index contributed by atoms with van der Waals surface area (Å²) in [7, 11) is 1.00. The lowest BCUT2D eigenvalue weighted by Crippen LogP contribution is -1.82. The summed E-state index contributed by atoms with van der Waals surface area (Å²) in [5, 5.41) is 14.1. The molecule has 0 fully saturated rings. The second-order valence-corrected chi connectivity index (χ2v) is 2.10. The molecule has 92 valence electrons. The van der Waals surface area contributed by atoms with E-state index in [1.165, 1.54) is 5.57 Å². The van der Waals surface area contributed by atoms with Crippen molar-refractivity contribution in [3.8, 4) is 0 Å². The van der Waals surface area contributed by atoms with Crippen molar-refractivity contribution in [2.45, 2.75) is 48.5 Å². The first-order valence-electron chi connectivity index (χ1n) is 5.26. The van der Waals surface area contributed by atoms with Gasteiger partial charge in [-0.2, -0.15) is 10.2 Å². The maximum atomic E-state index is 7.00. The molecule has 3 nitrogen and oxygen atoms in total. The van der Waals surface area contributed by atoms with Gasteiger partial charge in [0.15, 0.2) is 0 Å². The van der Waals surface area contributed by atoms with Crippen LogP contribution in [0.5, 0.6) is 0 Å². The molecule has 0 rings (SSSR count). The van der Waals surface area contributed by atoms with E-state index < -0.39 is 0 Å². The van der Waals surface area contributed by atoms with Crippen LogP contribution in [-0.2, 0) is 0 Å². The molecule has 0 aliphatic carbocycles. The normalized spacial score (nSPS) is 7.67. The molecule has 0 saturated heterocycles. The maximum absolute atomic E-state index is 7.00. The van der Waals surface area contributed by atoms with Gasteiger partial charge in [0.25, 0.3) is 0 Å². The Labute approximate surface area is 95.6 Å². The predicted molar refractivity (Wildman–Crippen MR) is 72.9 cm³/mol. The van der Waals surface area contributed by atoms with Crippen molar-refractivity contribution in [3.63, 3.8) is 0 Å². The van der Waals surface area contributed by atoms with Gasteiger partial charge >= 0.3 is 0 Å². The lowest BCUT2D eigenvalue weighted by Gasteiger charge is -1.87. The van der Waals surface area contributed by atoms with Crippen LogP contribution < -0.4 is 0 Å². The van der Waals surface area contributed by atoms with E-state index >= 15 is 0 Å². The Morgan fingerprint density at radius 1 is 1.00 bits per heavy atom. The third kappa shape index (κ3) is 43.6. The van der Waals surface area contributed by atoms with Gasteiger partial charge in [-0.05, 0) is 26.8 Å². The van der Waals surface area contributed by atoms with Crippen molar-refractivity contribution in [3.05, 3.63) is 11.6 Å². The number of nitrogens with zero attached hydrogens (tertiary/aromatic N) is 2. The zero-order chi connectivity index (χ0) is 13.3. The summed E-state index contributed by atoms with van der Waals surface area (Å²) in [4.78, 5) is 0. The van der Waals surface area contributed by atoms with Crippen molar-refractivity contribution in [2.75, 3.05) is 7.11 Å². The molecule has 0 aromatic rings. The van der Waals surface area contributed by atoms with Crippen LogP contribution in [0.25, 0.3) is 0 Å². The van der Waals surface area contributed by atoms with E-state index in [2.05, 4.69) is 16.9 Å². The number of aliphatic hydroxyl groups is 1. The molecule has 3 heteroatoms. The average Bonchev–Trinajstić information content (AvgIpc) is 2.26. The molecule has 0 atom stereocenters. The first kappa shape index (κ1) is 23.7. The molecule has 0 amide bonds. The van der Waals surface area contributed by atoms with Crippen LogP contribution in [0.15, 0.2) is 21.9 Å². The summed E-state index contributed by atoms with van der Waals surface area (Å²) in [6, 6.07) is 0. The molecule has 0 radical (unpaired) electrons. The number of allylic oxidation sites excluding steroid dienone is 2. The lowest BCUT2D eigenvalue weighted by molar-refractivity contribution is 0.399. The van der Waals surface area contributed by atoms with Gasteiger partial charge in [-0.1, -0.05) is 33.3 Å². The summed E-state index contributed by atoms with van der Waals surface area (Å²) in [6.07, 6.45) is 1.95. The van der Waals surface area contributed by atoms with Gasteiger partial charge in [0, 0.05) is 13.8 Å². The summed E-state index contributed by atoms with van der Waals surface area (Å²) >= 11 is 0. The standard InChI is InChI=1S/C7H12N2.2C2H6.CH4O/c1-6(2)5-7(3)9-8-4;3*1-2/h5H,4H2,1-3H3;2*1-2H3;2H,1H3/b9-7-;;;. The topological polar surface area (TPSA) is 45.0 Å². The molecule has 0 aromatic carbocycles. The smallest absolute Gasteiger partial charge is 0.0598 e. The summed E-state index contributed by atoms with van der Waals surface area (Å²) in [5.74, 6) is 0. The fourth-order valence-corrected chi connectivity index (χ4v) is 0.558. The van der Waals surface area contributed by atoms with E-state index in [-0.39, 0.29) is 0 Å². The van der Waals surface area contributed by atoms with Crippen LogP contribution in [0.2, 0.25) is 0 Å². The summed E-state index contributed by atoms with van der Waals surface area (Å²) < 4.78 is 0. The van der Waals surface area contributed by atoms with Crippen LogP contribution in [0.4, 0.5) is 0 Å². The van der Waals surface area contributed by atoms with Crippen molar-refractivity contribution >= 4 is 12.4 Å². The number of hydrogen-bond acceptors (Lipinski definition) is 3. The van der Waals surface area contributed by atoms with Crippen molar-refractivity contribution in [1.29, 1.82) is 0 Å². The van der Waals surface area contributed by atoms with E-state index in [0.29, 0.717) is 0 Å². The zero-order valence-corrected chi connectivity index (χ0v) is 11.6. The highest BCUT2D eigenvalue weighted by Gasteiger charge is 1.81. The lowest BCUT2D eigenvalue weighted by atomic mass is 10.3. The van der Waals surface area contributed by atoms with Crippen LogP contribution in [0.3, 0.4) is 0 Å². The Morgan fingerprint density at radius 2 is 1.33 bits per heavy atom. The quantitative estimate of drug-likeness (QED) is 0.555. The van der Waals surface area contributed by atoms with Gasteiger partial charge in [-0.3, -0.25) is 0 Å². The summed E-state index contributed by atoms with van der Waals surface area (Å²) in [5.41, 5.74) is 2.12. The van der Waals surface area contributed by atoms with Gasteiger partial charge in [0.2, 0.25) is 0 Å². The zero-order valence-electron chi connectivity index (χ0n) is 11.6. The maximum Gasteiger partial charge on any atom is 0.0598 e. The summed E-state index contributed by atoms with van der Waals surface area (Å²) in [6.45, 7) is 17.2. The fraction of sp³-hybridized carbons (Fsp3) is 0.667. The number of rotatable bonds is 2. The Hall–Kier alpha value is -0.960. The highest BCUT2D eigenvalue weighted by atomic mass is 16.2. The second kappa shape index (κ2) is 29.2. The van der Waals surface area contributed by atoms with Crippen molar-refractivity contribution in [1.82, 2.24) is 0 Å². The highest BCUT2D eigenvalue weighted by Crippen LogP contribution is 1.90. The van der Waals surface area contributed by atoms with Gasteiger partial charge in [-0.25, -0.2) is 0 Å². The molecule has 0 heterocycles. The van der Waals surface area contributed by atoms with Crippen LogP contribution in [-0.4, -0.2) is 24.6 Å². The van der Waals surface area contributed by atoms with Crippen molar-refractivity contribution < 1.29 is 5.11 Å². The molecular formula is C12H28N2O. The Balaban J connectivity index is -0.0000000860. The molecule has 0 unspecified atom stereocenters. The average molecular weight is 216 g/mol. The van der Waals surface area contributed by atoms with E-state index in [1.54, 1.807) is 0 Å². The first-order chi connectivity index (χ1) is 7.16. The molecule has 0 saturated carbocycles. The van der Waals surface area contributed by atoms with Crippen LogP contribution in [0.1, 0.15) is 48.5 Å². The van der Waals surface area contributed by atoms with E-state index in [1.807, 2.05) is 54.5 Å². The minimum atomic E-state index is 0.894. The Kier molecular flexibility index (Phi) is 46.2. The molecule has 0 aliphatic rings. The minimum Gasteiger partial charge on any atom is -0.400 e. The van der Waals surface area contributed by atoms with Crippen molar-refractivity contribution in [2.24, 2.45) is 10.2 Å².